The lowest BCUT2D eigenvalue weighted by Crippen LogP contribution is -2.52. The summed E-state index contributed by atoms with van der Waals surface area (Å²) in [6.07, 6.45) is 1.20. The van der Waals surface area contributed by atoms with Crippen LogP contribution in [0.3, 0.4) is 0 Å². The quantitative estimate of drug-likeness (QED) is 0.506. The number of anilines is 1. The first-order valence-corrected chi connectivity index (χ1v) is 12.4. The summed E-state index contributed by atoms with van der Waals surface area (Å²) in [5.41, 5.74) is 6.69. The van der Waals surface area contributed by atoms with E-state index >= 15 is 0 Å². The molecular formula is C22H33N3O5S. The first-order chi connectivity index (χ1) is 15.0. The van der Waals surface area contributed by atoms with E-state index in [-0.39, 0.29) is 49.1 Å². The van der Waals surface area contributed by atoms with Crippen LogP contribution in [0.2, 0.25) is 0 Å². The molecule has 2 fully saturated rings. The van der Waals surface area contributed by atoms with Gasteiger partial charge in [-0.25, -0.2) is 0 Å². The summed E-state index contributed by atoms with van der Waals surface area (Å²) in [6.45, 7) is 6.22. The van der Waals surface area contributed by atoms with Crippen molar-refractivity contribution in [2.75, 3.05) is 43.5 Å². The zero-order valence-corrected chi connectivity index (χ0v) is 19.1. The third kappa shape index (κ3) is 5.57. The number of nitrogens with two attached hydrogens (primary N) is 1. The second kappa shape index (κ2) is 10.9. The molecule has 2 N–H and O–H groups in total. The smallest absolute Gasteiger partial charge is 0.305 e. The van der Waals surface area contributed by atoms with Gasteiger partial charge in [0.15, 0.2) is 0 Å². The van der Waals surface area contributed by atoms with Gasteiger partial charge in [-0.05, 0) is 51.0 Å². The highest BCUT2D eigenvalue weighted by molar-refractivity contribution is 7.86. The van der Waals surface area contributed by atoms with Gasteiger partial charge in [0.05, 0.1) is 19.3 Å². The molecule has 4 atom stereocenters. The van der Waals surface area contributed by atoms with Gasteiger partial charge < -0.3 is 25.0 Å². The number of nitrogens with zero attached hydrogens (tertiary/aromatic N) is 2. The molecule has 2 aliphatic heterocycles. The van der Waals surface area contributed by atoms with E-state index in [1.165, 1.54) is 0 Å². The molecule has 1 aromatic carbocycles. The third-order valence-electron chi connectivity index (χ3n) is 5.83. The van der Waals surface area contributed by atoms with Crippen LogP contribution in [0.25, 0.3) is 0 Å². The number of likely N-dealkylation sites (tertiary alicyclic amines) is 1. The first kappa shape index (κ1) is 23.5. The summed E-state index contributed by atoms with van der Waals surface area (Å²) < 4.78 is 23.2. The molecule has 3 rings (SSSR count). The van der Waals surface area contributed by atoms with Crippen LogP contribution in [0.1, 0.15) is 33.1 Å². The number of hydrogen-bond acceptors (Lipinski definition) is 7. The summed E-state index contributed by atoms with van der Waals surface area (Å²) >= 11 is 0. The molecule has 0 aromatic heterocycles. The second-order valence-corrected chi connectivity index (χ2v) is 9.56. The van der Waals surface area contributed by atoms with E-state index in [1.54, 1.807) is 6.92 Å². The predicted molar refractivity (Wildman–Crippen MR) is 121 cm³/mol. The molecule has 2 bridgehead atoms. The minimum absolute atomic E-state index is 0.0841. The SMILES string of the molecule is CCOC(=O)CCC(C(=O)N1CC2C[C@H]1CN2c1ccc(OCC)cc1)S(=O)CCN. The summed E-state index contributed by atoms with van der Waals surface area (Å²) in [4.78, 5) is 29.3. The van der Waals surface area contributed by atoms with E-state index in [1.807, 2.05) is 24.0 Å². The number of ether oxygens (including phenoxy) is 2. The van der Waals surface area contributed by atoms with Gasteiger partial charge in [0.25, 0.3) is 0 Å². The molecule has 31 heavy (non-hydrogen) atoms. The van der Waals surface area contributed by atoms with Crippen molar-refractivity contribution in [3.63, 3.8) is 0 Å². The number of benzene rings is 1. The highest BCUT2D eigenvalue weighted by Crippen LogP contribution is 2.36. The monoisotopic (exact) mass is 451 g/mol. The summed E-state index contributed by atoms with van der Waals surface area (Å²) in [5.74, 6) is 0.600. The molecule has 8 nitrogen and oxygen atoms in total. The molecule has 172 valence electrons. The largest absolute Gasteiger partial charge is 0.494 e. The maximum Gasteiger partial charge on any atom is 0.305 e. The number of carbonyl (C=O) groups excluding carboxylic acids is 2. The number of piperazine rings is 1. The van der Waals surface area contributed by atoms with Crippen LogP contribution in [0, 0.1) is 0 Å². The van der Waals surface area contributed by atoms with E-state index < -0.39 is 16.0 Å². The summed E-state index contributed by atoms with van der Waals surface area (Å²) in [5, 5.41) is -0.716. The Bertz CT molecular complexity index is 788. The number of esters is 1. The van der Waals surface area contributed by atoms with E-state index in [0.717, 1.165) is 24.4 Å². The van der Waals surface area contributed by atoms with Crippen molar-refractivity contribution in [3.05, 3.63) is 24.3 Å². The molecule has 2 heterocycles. The van der Waals surface area contributed by atoms with Gasteiger partial charge in [-0.1, -0.05) is 0 Å². The van der Waals surface area contributed by atoms with Crippen LogP contribution in [0.4, 0.5) is 5.69 Å². The fourth-order valence-electron chi connectivity index (χ4n) is 4.45. The molecule has 1 aromatic rings. The Kier molecular flexibility index (Phi) is 8.31. The van der Waals surface area contributed by atoms with Crippen LogP contribution in [-0.4, -0.2) is 76.9 Å². The van der Waals surface area contributed by atoms with Gasteiger partial charge in [-0.2, -0.15) is 0 Å². The minimum Gasteiger partial charge on any atom is -0.494 e. The lowest BCUT2D eigenvalue weighted by atomic mass is 10.2. The number of amides is 1. The van der Waals surface area contributed by atoms with Crippen molar-refractivity contribution >= 4 is 28.4 Å². The molecule has 1 amide bonds. The Morgan fingerprint density at radius 1 is 1.16 bits per heavy atom. The molecule has 0 spiro atoms. The van der Waals surface area contributed by atoms with Crippen molar-refractivity contribution in [1.82, 2.24) is 4.90 Å². The van der Waals surface area contributed by atoms with E-state index in [4.69, 9.17) is 15.2 Å². The van der Waals surface area contributed by atoms with Crippen molar-refractivity contribution in [3.8, 4) is 5.75 Å². The average Bonchev–Trinajstić information content (AvgIpc) is 3.36. The number of hydrogen-bond donors (Lipinski definition) is 1. The van der Waals surface area contributed by atoms with Crippen LogP contribution in [0.5, 0.6) is 5.75 Å². The van der Waals surface area contributed by atoms with Gasteiger partial charge in [0, 0.05) is 54.3 Å². The summed E-state index contributed by atoms with van der Waals surface area (Å²) in [6, 6.07) is 8.36. The maximum absolute atomic E-state index is 13.3. The lowest BCUT2D eigenvalue weighted by Gasteiger charge is -2.37. The van der Waals surface area contributed by atoms with Crippen LogP contribution < -0.4 is 15.4 Å². The molecule has 2 aliphatic rings. The van der Waals surface area contributed by atoms with Crippen molar-refractivity contribution in [2.45, 2.75) is 50.4 Å². The van der Waals surface area contributed by atoms with E-state index in [0.29, 0.717) is 19.8 Å². The van der Waals surface area contributed by atoms with Crippen LogP contribution >= 0.6 is 0 Å². The molecular weight excluding hydrogens is 418 g/mol. The Labute approximate surface area is 186 Å². The van der Waals surface area contributed by atoms with Gasteiger partial charge in [0.2, 0.25) is 5.91 Å². The maximum atomic E-state index is 13.3. The van der Waals surface area contributed by atoms with Crippen LogP contribution in [-0.2, 0) is 25.1 Å². The number of carbonyl (C=O) groups is 2. The second-order valence-electron chi connectivity index (χ2n) is 7.82. The average molecular weight is 452 g/mol. The van der Waals surface area contributed by atoms with Gasteiger partial charge in [0.1, 0.15) is 11.0 Å². The fraction of sp³-hybridized carbons (Fsp3) is 0.636. The number of fused-ring (bicyclic) bond motifs is 2. The minimum atomic E-state index is -1.41. The van der Waals surface area contributed by atoms with E-state index in [9.17, 15) is 13.8 Å². The van der Waals surface area contributed by atoms with E-state index in [2.05, 4.69) is 17.0 Å². The Morgan fingerprint density at radius 2 is 1.90 bits per heavy atom. The van der Waals surface area contributed by atoms with Gasteiger partial charge in [-0.15, -0.1) is 0 Å². The Morgan fingerprint density at radius 3 is 2.48 bits per heavy atom. The normalized spacial score (nSPS) is 21.8. The molecule has 0 aliphatic carbocycles. The lowest BCUT2D eigenvalue weighted by molar-refractivity contribution is -0.143. The molecule has 0 radical (unpaired) electrons. The first-order valence-electron chi connectivity index (χ1n) is 11.0. The zero-order valence-electron chi connectivity index (χ0n) is 18.3. The van der Waals surface area contributed by atoms with Gasteiger partial charge in [-0.3, -0.25) is 13.8 Å². The molecule has 9 heteroatoms. The highest BCUT2D eigenvalue weighted by atomic mass is 32.2. The van der Waals surface area contributed by atoms with Crippen molar-refractivity contribution in [1.29, 1.82) is 0 Å². The topological polar surface area (TPSA) is 102 Å². The van der Waals surface area contributed by atoms with Gasteiger partial charge >= 0.3 is 5.97 Å². The predicted octanol–water partition coefficient (Wildman–Crippen LogP) is 1.29. The Balaban J connectivity index is 1.64. The highest BCUT2D eigenvalue weighted by Gasteiger charge is 2.47. The molecule has 0 saturated carbocycles. The molecule has 3 unspecified atom stereocenters. The van der Waals surface area contributed by atoms with Crippen molar-refractivity contribution < 1.29 is 23.3 Å². The third-order valence-corrected chi connectivity index (χ3v) is 7.54. The number of rotatable bonds is 11. The molecule has 2 saturated heterocycles. The standard InChI is InChI=1S/C22H33N3O5S/c1-3-29-19-7-5-16(6-8-19)24-14-18-13-17(24)15-25(18)22(27)20(31(28)12-11-23)9-10-21(26)30-4-2/h5-8,17-18,20H,3-4,9-15,23H2,1-2H3/t17?,18-,20?,31?/m0/s1. The van der Waals surface area contributed by atoms with Crippen LogP contribution in [0.15, 0.2) is 24.3 Å². The summed E-state index contributed by atoms with van der Waals surface area (Å²) in [7, 11) is -1.41. The fourth-order valence-corrected chi connectivity index (χ4v) is 5.70. The van der Waals surface area contributed by atoms with Crippen molar-refractivity contribution in [2.24, 2.45) is 5.73 Å². The zero-order chi connectivity index (χ0) is 22.4. The Hall–Kier alpha value is -2.13.